The van der Waals surface area contributed by atoms with Gasteiger partial charge < -0.3 is 4.74 Å². The maximum atomic E-state index is 12.8. The number of methoxy groups -OCH3 is 1. The van der Waals surface area contributed by atoms with Gasteiger partial charge in [0, 0.05) is 11.8 Å². The van der Waals surface area contributed by atoms with Crippen molar-refractivity contribution >= 4 is 11.6 Å². The third-order valence-corrected chi connectivity index (χ3v) is 5.16. The molecule has 0 spiro atoms. The zero-order valence-corrected chi connectivity index (χ0v) is 12.9. The summed E-state index contributed by atoms with van der Waals surface area (Å²) in [6.45, 7) is 3.93. The van der Waals surface area contributed by atoms with Gasteiger partial charge >= 0.3 is 0 Å². The fourth-order valence-electron chi connectivity index (χ4n) is 4.17. The molecule has 2 unspecified atom stereocenters. The molecule has 2 saturated carbocycles. The Labute approximate surface area is 125 Å². The van der Waals surface area contributed by atoms with Crippen molar-refractivity contribution in [3.63, 3.8) is 0 Å². The largest absolute Gasteiger partial charge is 0.497 e. The molecule has 3 heteroatoms. The van der Waals surface area contributed by atoms with Gasteiger partial charge in [-0.25, -0.2) is 0 Å². The fraction of sp³-hybridized carbons (Fsp3) is 0.556. The van der Waals surface area contributed by atoms with Crippen LogP contribution >= 0.6 is 0 Å². The Morgan fingerprint density at radius 1 is 0.952 bits per heavy atom. The van der Waals surface area contributed by atoms with E-state index >= 15 is 0 Å². The lowest BCUT2D eigenvalue weighted by Crippen LogP contribution is -2.21. The van der Waals surface area contributed by atoms with Crippen LogP contribution in [0.25, 0.3) is 0 Å². The number of hydrogen-bond acceptors (Lipinski definition) is 3. The van der Waals surface area contributed by atoms with Gasteiger partial charge in [-0.15, -0.1) is 0 Å². The van der Waals surface area contributed by atoms with Gasteiger partial charge in [0.05, 0.1) is 7.11 Å². The zero-order valence-electron chi connectivity index (χ0n) is 12.9. The zero-order chi connectivity index (χ0) is 15.1. The number of ketones is 2. The first-order valence-electron chi connectivity index (χ1n) is 7.77. The molecule has 1 aromatic carbocycles. The average Bonchev–Trinajstić information content (AvgIpc) is 2.72. The minimum atomic E-state index is -0.538. The van der Waals surface area contributed by atoms with Crippen LogP contribution in [0.4, 0.5) is 0 Å². The molecule has 112 valence electrons. The Kier molecular flexibility index (Phi) is 3.60. The van der Waals surface area contributed by atoms with E-state index in [4.69, 9.17) is 4.74 Å². The SMILES string of the molecule is COc1cc(C)c(C2C(=O)C3CCCCC3C2=O)c(C)c1. The highest BCUT2D eigenvalue weighted by atomic mass is 16.5. The van der Waals surface area contributed by atoms with Gasteiger partial charge in [0.15, 0.2) is 11.6 Å². The summed E-state index contributed by atoms with van der Waals surface area (Å²) < 4.78 is 5.27. The van der Waals surface area contributed by atoms with Crippen molar-refractivity contribution in [2.24, 2.45) is 11.8 Å². The van der Waals surface area contributed by atoms with E-state index in [1.54, 1.807) is 7.11 Å². The molecule has 0 heterocycles. The summed E-state index contributed by atoms with van der Waals surface area (Å²) >= 11 is 0. The lowest BCUT2D eigenvalue weighted by atomic mass is 9.81. The van der Waals surface area contributed by atoms with Crippen molar-refractivity contribution in [1.29, 1.82) is 0 Å². The van der Waals surface area contributed by atoms with Crippen LogP contribution in [0, 0.1) is 25.7 Å². The standard InChI is InChI=1S/C18H22O3/c1-10-8-12(21-3)9-11(2)15(10)16-17(19)13-6-4-5-7-14(13)18(16)20/h8-9,13-14,16H,4-7H2,1-3H3. The molecule has 2 atom stereocenters. The number of Topliss-reactive ketones (excluding diaryl/α,β-unsaturated/α-hetero) is 2. The van der Waals surface area contributed by atoms with Crippen molar-refractivity contribution in [2.45, 2.75) is 45.4 Å². The van der Waals surface area contributed by atoms with Gasteiger partial charge in [0.2, 0.25) is 0 Å². The molecule has 2 aliphatic carbocycles. The first-order valence-corrected chi connectivity index (χ1v) is 7.77. The summed E-state index contributed by atoms with van der Waals surface area (Å²) in [6, 6.07) is 3.84. The number of fused-ring (bicyclic) bond motifs is 1. The van der Waals surface area contributed by atoms with Crippen molar-refractivity contribution in [2.75, 3.05) is 7.11 Å². The van der Waals surface area contributed by atoms with Gasteiger partial charge in [0.25, 0.3) is 0 Å². The van der Waals surface area contributed by atoms with Crippen LogP contribution < -0.4 is 4.74 Å². The molecule has 21 heavy (non-hydrogen) atoms. The highest BCUT2D eigenvalue weighted by molar-refractivity contribution is 6.16. The van der Waals surface area contributed by atoms with E-state index in [1.165, 1.54) is 0 Å². The van der Waals surface area contributed by atoms with Crippen molar-refractivity contribution in [1.82, 2.24) is 0 Å². The average molecular weight is 286 g/mol. The van der Waals surface area contributed by atoms with E-state index in [0.29, 0.717) is 0 Å². The van der Waals surface area contributed by atoms with Crippen LogP contribution in [-0.2, 0) is 9.59 Å². The van der Waals surface area contributed by atoms with Crippen LogP contribution in [0.2, 0.25) is 0 Å². The number of hydrogen-bond donors (Lipinski definition) is 0. The second-order valence-electron chi connectivity index (χ2n) is 6.41. The van der Waals surface area contributed by atoms with Crippen LogP contribution in [0.15, 0.2) is 12.1 Å². The van der Waals surface area contributed by atoms with E-state index in [1.807, 2.05) is 26.0 Å². The molecule has 0 aromatic heterocycles. The molecule has 0 radical (unpaired) electrons. The lowest BCUT2D eigenvalue weighted by Gasteiger charge is -2.21. The topological polar surface area (TPSA) is 43.4 Å². The van der Waals surface area contributed by atoms with Crippen LogP contribution in [-0.4, -0.2) is 18.7 Å². The Bertz CT molecular complexity index is 555. The summed E-state index contributed by atoms with van der Waals surface area (Å²) in [5.74, 6) is 0.490. The van der Waals surface area contributed by atoms with Crippen LogP contribution in [0.1, 0.15) is 48.3 Å². The smallest absolute Gasteiger partial charge is 0.151 e. The second kappa shape index (κ2) is 5.28. The molecule has 0 saturated heterocycles. The maximum Gasteiger partial charge on any atom is 0.151 e. The molecule has 2 fully saturated rings. The number of benzene rings is 1. The Hall–Kier alpha value is -1.64. The second-order valence-corrected chi connectivity index (χ2v) is 6.41. The highest BCUT2D eigenvalue weighted by Gasteiger charge is 2.50. The normalized spacial score (nSPS) is 28.6. The van der Waals surface area contributed by atoms with E-state index in [0.717, 1.165) is 48.1 Å². The van der Waals surface area contributed by atoms with Gasteiger partial charge in [0.1, 0.15) is 11.7 Å². The molecule has 0 bridgehead atoms. The fourth-order valence-corrected chi connectivity index (χ4v) is 4.17. The van der Waals surface area contributed by atoms with Gasteiger partial charge in [-0.2, -0.15) is 0 Å². The first kappa shape index (κ1) is 14.3. The molecule has 1 aromatic rings. The summed E-state index contributed by atoms with van der Waals surface area (Å²) in [6.07, 6.45) is 3.93. The van der Waals surface area contributed by atoms with E-state index in [-0.39, 0.29) is 23.4 Å². The molecule has 3 rings (SSSR count). The quantitative estimate of drug-likeness (QED) is 0.783. The minimum absolute atomic E-state index is 0.0304. The predicted molar refractivity (Wildman–Crippen MR) is 80.7 cm³/mol. The Balaban J connectivity index is 2.04. The van der Waals surface area contributed by atoms with Gasteiger partial charge in [-0.3, -0.25) is 9.59 Å². The molecular formula is C18H22O3. The van der Waals surface area contributed by atoms with Crippen LogP contribution in [0.5, 0.6) is 5.75 Å². The lowest BCUT2D eigenvalue weighted by molar-refractivity contribution is -0.125. The van der Waals surface area contributed by atoms with E-state index in [9.17, 15) is 9.59 Å². The van der Waals surface area contributed by atoms with Crippen molar-refractivity contribution in [3.05, 3.63) is 28.8 Å². The van der Waals surface area contributed by atoms with Crippen molar-refractivity contribution < 1.29 is 14.3 Å². The number of carbonyl (C=O) groups excluding carboxylic acids is 2. The third kappa shape index (κ3) is 2.19. The molecule has 3 nitrogen and oxygen atoms in total. The highest BCUT2D eigenvalue weighted by Crippen LogP contribution is 2.45. The molecule has 0 amide bonds. The summed E-state index contributed by atoms with van der Waals surface area (Å²) in [7, 11) is 1.63. The molecule has 0 N–H and O–H groups in total. The molecular weight excluding hydrogens is 264 g/mol. The third-order valence-electron chi connectivity index (χ3n) is 5.16. The number of ether oxygens (including phenoxy) is 1. The van der Waals surface area contributed by atoms with Crippen molar-refractivity contribution in [3.8, 4) is 5.75 Å². The van der Waals surface area contributed by atoms with E-state index < -0.39 is 5.92 Å². The molecule has 0 aliphatic heterocycles. The Morgan fingerprint density at radius 2 is 1.43 bits per heavy atom. The van der Waals surface area contributed by atoms with Gasteiger partial charge in [-0.1, -0.05) is 12.8 Å². The first-order chi connectivity index (χ1) is 10.0. The predicted octanol–water partition coefficient (Wildman–Crippen LogP) is 3.35. The molecule has 2 aliphatic rings. The van der Waals surface area contributed by atoms with E-state index in [2.05, 4.69) is 0 Å². The summed E-state index contributed by atoms with van der Waals surface area (Å²) in [5.41, 5.74) is 2.88. The Morgan fingerprint density at radius 3 is 1.86 bits per heavy atom. The summed E-state index contributed by atoms with van der Waals surface area (Å²) in [5, 5.41) is 0. The summed E-state index contributed by atoms with van der Waals surface area (Å²) in [4.78, 5) is 25.5. The van der Waals surface area contributed by atoms with Crippen LogP contribution in [0.3, 0.4) is 0 Å². The number of carbonyl (C=O) groups is 2. The minimum Gasteiger partial charge on any atom is -0.497 e. The number of aryl methyl sites for hydroxylation is 2. The maximum absolute atomic E-state index is 12.8. The monoisotopic (exact) mass is 286 g/mol. The number of rotatable bonds is 2. The van der Waals surface area contributed by atoms with Gasteiger partial charge in [-0.05, 0) is 55.5 Å².